The number of carbonyl (C=O) groups is 2. The molecule has 0 rings (SSSR count). The lowest BCUT2D eigenvalue weighted by molar-refractivity contribution is -0.152. The molecule has 1 atom stereocenters. The van der Waals surface area contributed by atoms with Crippen molar-refractivity contribution < 1.29 is 19.1 Å². The van der Waals surface area contributed by atoms with Crippen molar-refractivity contribution >= 4 is 11.9 Å². The highest BCUT2D eigenvalue weighted by Crippen LogP contribution is 2.10. The van der Waals surface area contributed by atoms with Gasteiger partial charge in [0.05, 0.1) is 19.4 Å². The first kappa shape index (κ1) is 20.2. The summed E-state index contributed by atoms with van der Waals surface area (Å²) in [5.74, 6) is 5.32. The van der Waals surface area contributed by atoms with E-state index < -0.39 is 12.1 Å². The predicted molar refractivity (Wildman–Crippen MR) is 87.0 cm³/mol. The van der Waals surface area contributed by atoms with Crippen LogP contribution in [0.1, 0.15) is 59.8 Å². The standard InChI is InChI=1S/C18H28O4/c1-6-7-12-21-17(19)10-11-18(20)22-16(13-15(4)5)9-8-14(2)3/h15-16H,2,6-7,10-13H2,1,3-5H3. The van der Waals surface area contributed by atoms with Gasteiger partial charge in [-0.15, -0.1) is 0 Å². The molecular weight excluding hydrogens is 280 g/mol. The Labute approximate surface area is 134 Å². The highest BCUT2D eigenvalue weighted by molar-refractivity contribution is 5.77. The maximum Gasteiger partial charge on any atom is 0.307 e. The van der Waals surface area contributed by atoms with Crippen LogP contribution in [0.25, 0.3) is 0 Å². The van der Waals surface area contributed by atoms with E-state index in [0.29, 0.717) is 18.9 Å². The van der Waals surface area contributed by atoms with E-state index in [1.165, 1.54) is 0 Å². The van der Waals surface area contributed by atoms with Gasteiger partial charge in [-0.1, -0.05) is 45.6 Å². The number of esters is 2. The lowest BCUT2D eigenvalue weighted by atomic mass is 10.1. The summed E-state index contributed by atoms with van der Waals surface area (Å²) in [7, 11) is 0. The number of carbonyl (C=O) groups excluding carboxylic acids is 2. The average molecular weight is 308 g/mol. The summed E-state index contributed by atoms with van der Waals surface area (Å²) in [5, 5.41) is 0. The molecule has 0 saturated heterocycles. The number of hydrogen-bond acceptors (Lipinski definition) is 4. The fourth-order valence-electron chi connectivity index (χ4n) is 1.59. The molecule has 0 fully saturated rings. The van der Waals surface area contributed by atoms with Crippen molar-refractivity contribution in [3.8, 4) is 11.8 Å². The van der Waals surface area contributed by atoms with Crippen LogP contribution in [-0.2, 0) is 19.1 Å². The second kappa shape index (κ2) is 11.9. The van der Waals surface area contributed by atoms with Gasteiger partial charge in [0.2, 0.25) is 0 Å². The topological polar surface area (TPSA) is 52.6 Å². The molecule has 0 aliphatic rings. The third-order valence-corrected chi connectivity index (χ3v) is 2.70. The minimum atomic E-state index is -0.458. The van der Waals surface area contributed by atoms with E-state index >= 15 is 0 Å². The minimum absolute atomic E-state index is 0.0221. The molecule has 0 aliphatic heterocycles. The van der Waals surface area contributed by atoms with Gasteiger partial charge in [0.1, 0.15) is 0 Å². The van der Waals surface area contributed by atoms with E-state index in [4.69, 9.17) is 9.47 Å². The van der Waals surface area contributed by atoms with Gasteiger partial charge in [-0.25, -0.2) is 0 Å². The van der Waals surface area contributed by atoms with E-state index in [-0.39, 0.29) is 18.8 Å². The fraction of sp³-hybridized carbons (Fsp3) is 0.667. The molecule has 22 heavy (non-hydrogen) atoms. The largest absolute Gasteiger partial charge is 0.466 e. The molecule has 1 unspecified atom stereocenters. The molecule has 0 radical (unpaired) electrons. The van der Waals surface area contributed by atoms with Crippen LogP contribution in [-0.4, -0.2) is 24.6 Å². The van der Waals surface area contributed by atoms with Crippen LogP contribution in [0.5, 0.6) is 0 Å². The van der Waals surface area contributed by atoms with Crippen LogP contribution >= 0.6 is 0 Å². The minimum Gasteiger partial charge on any atom is -0.466 e. The normalized spacial score (nSPS) is 11.3. The van der Waals surface area contributed by atoms with Crippen molar-refractivity contribution in [1.29, 1.82) is 0 Å². The molecule has 0 aliphatic carbocycles. The van der Waals surface area contributed by atoms with Crippen LogP contribution in [0, 0.1) is 17.8 Å². The second-order valence-corrected chi connectivity index (χ2v) is 5.73. The number of rotatable bonds is 9. The van der Waals surface area contributed by atoms with Gasteiger partial charge in [-0.3, -0.25) is 9.59 Å². The molecule has 0 heterocycles. The van der Waals surface area contributed by atoms with Gasteiger partial charge in [-0.05, 0) is 31.3 Å². The zero-order chi connectivity index (χ0) is 17.0. The highest BCUT2D eigenvalue weighted by Gasteiger charge is 2.15. The van der Waals surface area contributed by atoms with Crippen molar-refractivity contribution in [3.05, 3.63) is 12.2 Å². The van der Waals surface area contributed by atoms with Crippen molar-refractivity contribution in [1.82, 2.24) is 0 Å². The predicted octanol–water partition coefficient (Wildman–Crippen LogP) is 3.65. The molecule has 0 spiro atoms. The lowest BCUT2D eigenvalue weighted by Gasteiger charge is -2.14. The Morgan fingerprint density at radius 2 is 1.82 bits per heavy atom. The molecule has 0 N–H and O–H groups in total. The van der Waals surface area contributed by atoms with E-state index in [0.717, 1.165) is 18.4 Å². The van der Waals surface area contributed by atoms with Gasteiger partial charge >= 0.3 is 11.9 Å². The third-order valence-electron chi connectivity index (χ3n) is 2.70. The molecule has 0 aromatic rings. The average Bonchev–Trinajstić information content (AvgIpc) is 2.42. The molecule has 0 aromatic heterocycles. The summed E-state index contributed by atoms with van der Waals surface area (Å²) in [4.78, 5) is 23.2. The number of hydrogen-bond donors (Lipinski definition) is 0. The molecule has 0 saturated carbocycles. The van der Waals surface area contributed by atoms with Gasteiger partial charge in [0, 0.05) is 0 Å². The summed E-state index contributed by atoms with van der Waals surface area (Å²) in [6.07, 6.45) is 2.07. The van der Waals surface area contributed by atoms with Gasteiger partial charge < -0.3 is 9.47 Å². The molecule has 4 nitrogen and oxygen atoms in total. The maximum atomic E-state index is 11.8. The number of allylic oxidation sites excluding steroid dienone is 1. The van der Waals surface area contributed by atoms with E-state index in [9.17, 15) is 9.59 Å². The van der Waals surface area contributed by atoms with Crippen molar-refractivity contribution in [2.45, 2.75) is 65.9 Å². The zero-order valence-electron chi connectivity index (χ0n) is 14.2. The Bertz CT molecular complexity index is 426. The number of unbranched alkanes of at least 4 members (excludes halogenated alkanes) is 1. The molecule has 0 aromatic carbocycles. The fourth-order valence-corrected chi connectivity index (χ4v) is 1.59. The summed E-state index contributed by atoms with van der Waals surface area (Å²) < 4.78 is 10.3. The van der Waals surface area contributed by atoms with Gasteiger partial charge in [-0.2, -0.15) is 0 Å². The first-order valence-corrected chi connectivity index (χ1v) is 7.87. The zero-order valence-corrected chi connectivity index (χ0v) is 14.2. The Hall–Kier alpha value is -1.76. The number of ether oxygens (including phenoxy) is 2. The van der Waals surface area contributed by atoms with E-state index in [1.54, 1.807) is 6.92 Å². The van der Waals surface area contributed by atoms with Crippen molar-refractivity contribution in [2.75, 3.05) is 6.61 Å². The smallest absolute Gasteiger partial charge is 0.307 e. The van der Waals surface area contributed by atoms with E-state index in [1.807, 2.05) is 20.8 Å². The van der Waals surface area contributed by atoms with Crippen LogP contribution in [0.2, 0.25) is 0 Å². The van der Waals surface area contributed by atoms with E-state index in [2.05, 4.69) is 18.4 Å². The molecule has 4 heteroatoms. The lowest BCUT2D eigenvalue weighted by Crippen LogP contribution is -2.19. The molecule has 0 amide bonds. The molecule has 0 bridgehead atoms. The molecule has 124 valence electrons. The first-order valence-electron chi connectivity index (χ1n) is 7.87. The van der Waals surface area contributed by atoms with Crippen molar-refractivity contribution in [2.24, 2.45) is 5.92 Å². The Kier molecular flexibility index (Phi) is 10.9. The van der Waals surface area contributed by atoms with Crippen LogP contribution in [0.3, 0.4) is 0 Å². The monoisotopic (exact) mass is 308 g/mol. The quantitative estimate of drug-likeness (QED) is 0.371. The summed E-state index contributed by atoms with van der Waals surface area (Å²) in [6, 6.07) is 0. The van der Waals surface area contributed by atoms with Crippen LogP contribution in [0.4, 0.5) is 0 Å². The first-order chi connectivity index (χ1) is 10.3. The summed E-state index contributed by atoms with van der Waals surface area (Å²) in [6.45, 7) is 12.0. The van der Waals surface area contributed by atoms with Crippen LogP contribution in [0.15, 0.2) is 12.2 Å². The van der Waals surface area contributed by atoms with Gasteiger partial charge in [0.15, 0.2) is 6.10 Å². The maximum absolute atomic E-state index is 11.8. The van der Waals surface area contributed by atoms with Crippen molar-refractivity contribution in [3.63, 3.8) is 0 Å². The molecular formula is C18H28O4. The van der Waals surface area contributed by atoms with Crippen LogP contribution < -0.4 is 0 Å². The second-order valence-electron chi connectivity index (χ2n) is 5.73. The Balaban J connectivity index is 4.25. The summed E-state index contributed by atoms with van der Waals surface area (Å²) >= 11 is 0. The summed E-state index contributed by atoms with van der Waals surface area (Å²) in [5.41, 5.74) is 0.726. The SMILES string of the molecule is C=C(C)C#CC(CC(C)C)OC(=O)CCC(=O)OCCCC. The Morgan fingerprint density at radius 1 is 1.18 bits per heavy atom. The highest BCUT2D eigenvalue weighted by atomic mass is 16.5. The Morgan fingerprint density at radius 3 is 2.36 bits per heavy atom. The third kappa shape index (κ3) is 12.0. The van der Waals surface area contributed by atoms with Gasteiger partial charge in [0.25, 0.3) is 0 Å².